The van der Waals surface area contributed by atoms with Crippen LogP contribution in [0.4, 0.5) is 0 Å². The summed E-state index contributed by atoms with van der Waals surface area (Å²) in [7, 11) is -3.13. The Morgan fingerprint density at radius 2 is 1.70 bits per heavy atom. The van der Waals surface area contributed by atoms with Crippen molar-refractivity contribution in [2.75, 3.05) is 19.3 Å². The van der Waals surface area contributed by atoms with E-state index in [2.05, 4.69) is 10.6 Å². The van der Waals surface area contributed by atoms with E-state index < -0.39 is 14.6 Å². The van der Waals surface area contributed by atoms with Crippen molar-refractivity contribution in [2.24, 2.45) is 0 Å². The number of carbonyl (C=O) groups excluding carboxylic acids is 1. The molecule has 2 N–H and O–H groups in total. The van der Waals surface area contributed by atoms with Crippen molar-refractivity contribution in [3.8, 4) is 0 Å². The Morgan fingerprint density at radius 3 is 2.20 bits per heavy atom. The molecule has 0 bridgehead atoms. The van der Waals surface area contributed by atoms with Crippen molar-refractivity contribution < 1.29 is 13.2 Å². The lowest BCUT2D eigenvalue weighted by molar-refractivity contribution is -0.121. The molecule has 1 fully saturated rings. The number of carbonyl (C=O) groups is 1. The van der Waals surface area contributed by atoms with Crippen LogP contribution in [-0.2, 0) is 14.6 Å². The van der Waals surface area contributed by atoms with Gasteiger partial charge in [-0.3, -0.25) is 4.79 Å². The minimum absolute atomic E-state index is 0.0406. The fraction of sp³-hybridized carbons (Fsp3) is 0.929. The molecule has 0 atom stereocenters. The quantitative estimate of drug-likeness (QED) is 0.724. The van der Waals surface area contributed by atoms with Gasteiger partial charge in [-0.2, -0.15) is 0 Å². The summed E-state index contributed by atoms with van der Waals surface area (Å²) >= 11 is 0. The molecule has 0 aromatic heterocycles. The van der Waals surface area contributed by atoms with E-state index in [1.54, 1.807) is 13.8 Å². The Bertz CT molecular complexity index is 410. The minimum atomic E-state index is -3.13. The summed E-state index contributed by atoms with van der Waals surface area (Å²) in [5.41, 5.74) is 0. The number of hydrogen-bond donors (Lipinski definition) is 2. The maximum absolute atomic E-state index is 11.8. The van der Waals surface area contributed by atoms with Gasteiger partial charge >= 0.3 is 0 Å². The highest BCUT2D eigenvalue weighted by Crippen LogP contribution is 2.17. The van der Waals surface area contributed by atoms with Gasteiger partial charge in [0.1, 0.15) is 0 Å². The van der Waals surface area contributed by atoms with Crippen LogP contribution in [0.2, 0.25) is 0 Å². The Labute approximate surface area is 122 Å². The molecule has 1 saturated carbocycles. The molecule has 1 amide bonds. The summed E-state index contributed by atoms with van der Waals surface area (Å²) in [4.78, 5) is 11.8. The summed E-state index contributed by atoms with van der Waals surface area (Å²) in [5.74, 6) is -0.0406. The maximum Gasteiger partial charge on any atom is 0.234 e. The number of sulfone groups is 1. The largest absolute Gasteiger partial charge is 0.352 e. The third-order valence-corrected chi connectivity index (χ3v) is 6.21. The third-order valence-electron chi connectivity index (χ3n) is 4.06. The van der Waals surface area contributed by atoms with Crippen molar-refractivity contribution in [1.82, 2.24) is 10.6 Å². The highest BCUT2D eigenvalue weighted by atomic mass is 32.2. The molecular formula is C14H28N2O3S. The Morgan fingerprint density at radius 1 is 1.15 bits per heavy atom. The van der Waals surface area contributed by atoms with Crippen LogP contribution in [0.25, 0.3) is 0 Å². The summed E-state index contributed by atoms with van der Waals surface area (Å²) in [6.45, 7) is 3.79. The molecule has 118 valence electrons. The molecule has 0 aromatic carbocycles. The topological polar surface area (TPSA) is 75.3 Å². The van der Waals surface area contributed by atoms with Crippen molar-refractivity contribution in [3.63, 3.8) is 0 Å². The molecular weight excluding hydrogens is 276 g/mol. The fourth-order valence-electron chi connectivity index (χ4n) is 2.31. The molecule has 6 heteroatoms. The third kappa shape index (κ3) is 5.79. The Hall–Kier alpha value is -0.620. The first-order valence-corrected chi connectivity index (χ1v) is 9.31. The van der Waals surface area contributed by atoms with Crippen molar-refractivity contribution >= 4 is 15.7 Å². The number of hydrogen-bond acceptors (Lipinski definition) is 4. The number of rotatable bonds is 6. The van der Waals surface area contributed by atoms with Crippen LogP contribution in [-0.4, -0.2) is 44.5 Å². The van der Waals surface area contributed by atoms with E-state index in [9.17, 15) is 13.2 Å². The van der Waals surface area contributed by atoms with Gasteiger partial charge in [0.15, 0.2) is 9.84 Å². The average molecular weight is 304 g/mol. The van der Waals surface area contributed by atoms with Gasteiger partial charge in [-0.25, -0.2) is 8.42 Å². The van der Waals surface area contributed by atoms with Gasteiger partial charge in [0, 0.05) is 18.8 Å². The van der Waals surface area contributed by atoms with Gasteiger partial charge in [-0.05, 0) is 26.7 Å². The van der Waals surface area contributed by atoms with Gasteiger partial charge in [0.05, 0.1) is 11.3 Å². The maximum atomic E-state index is 11.8. The highest BCUT2D eigenvalue weighted by Gasteiger charge is 2.29. The molecule has 1 rings (SSSR count). The van der Waals surface area contributed by atoms with Gasteiger partial charge in [-0.1, -0.05) is 25.7 Å². The lowest BCUT2D eigenvalue weighted by Crippen LogP contribution is -2.46. The number of amides is 1. The zero-order valence-corrected chi connectivity index (χ0v) is 13.7. The molecule has 1 aliphatic carbocycles. The first-order valence-electron chi connectivity index (χ1n) is 7.42. The molecule has 0 aromatic rings. The van der Waals surface area contributed by atoms with E-state index in [0.717, 1.165) is 12.8 Å². The lowest BCUT2D eigenvalue weighted by Gasteiger charge is -2.23. The standard InChI is InChI=1S/C14H28N2O3S/c1-14(2,20(3,18)19)11-15-10-13(17)16-12-8-6-4-5-7-9-12/h12,15H,4-11H2,1-3H3,(H,16,17). The molecule has 0 saturated heterocycles. The van der Waals surface area contributed by atoms with E-state index in [0.29, 0.717) is 0 Å². The molecule has 0 heterocycles. The van der Waals surface area contributed by atoms with Crippen LogP contribution >= 0.6 is 0 Å². The van der Waals surface area contributed by atoms with E-state index in [1.165, 1.54) is 31.9 Å². The van der Waals surface area contributed by atoms with Gasteiger partial charge < -0.3 is 10.6 Å². The Kier molecular flexibility index (Phi) is 6.45. The smallest absolute Gasteiger partial charge is 0.234 e. The van der Waals surface area contributed by atoms with Gasteiger partial charge in [-0.15, -0.1) is 0 Å². The molecule has 0 radical (unpaired) electrons. The SMILES string of the molecule is CC(C)(CNCC(=O)NC1CCCCCC1)S(C)(=O)=O. The van der Waals surface area contributed by atoms with Crippen LogP contribution in [0, 0.1) is 0 Å². The van der Waals surface area contributed by atoms with Crippen molar-refractivity contribution in [2.45, 2.75) is 63.2 Å². The molecule has 0 spiro atoms. The summed E-state index contributed by atoms with van der Waals surface area (Å²) in [6.07, 6.45) is 8.21. The van der Waals surface area contributed by atoms with Crippen molar-refractivity contribution in [3.05, 3.63) is 0 Å². The highest BCUT2D eigenvalue weighted by molar-refractivity contribution is 7.92. The van der Waals surface area contributed by atoms with Crippen LogP contribution < -0.4 is 10.6 Å². The molecule has 0 aliphatic heterocycles. The Balaban J connectivity index is 2.29. The van der Waals surface area contributed by atoms with E-state index in [-0.39, 0.29) is 25.0 Å². The normalized spacial score (nSPS) is 18.6. The van der Waals surface area contributed by atoms with Gasteiger partial charge in [0.2, 0.25) is 5.91 Å². The fourth-order valence-corrected chi connectivity index (χ4v) is 2.67. The van der Waals surface area contributed by atoms with E-state index in [4.69, 9.17) is 0 Å². The van der Waals surface area contributed by atoms with Crippen LogP contribution in [0.3, 0.4) is 0 Å². The summed E-state index contributed by atoms with van der Waals surface area (Å²) < 4.78 is 22.2. The van der Waals surface area contributed by atoms with E-state index in [1.807, 2.05) is 0 Å². The van der Waals surface area contributed by atoms with E-state index >= 15 is 0 Å². The molecule has 5 nitrogen and oxygen atoms in total. The predicted molar refractivity (Wildman–Crippen MR) is 81.4 cm³/mol. The number of nitrogens with one attached hydrogen (secondary N) is 2. The van der Waals surface area contributed by atoms with Gasteiger partial charge in [0.25, 0.3) is 0 Å². The first-order chi connectivity index (χ1) is 9.22. The van der Waals surface area contributed by atoms with Crippen LogP contribution in [0.1, 0.15) is 52.4 Å². The zero-order valence-electron chi connectivity index (χ0n) is 12.9. The second-order valence-electron chi connectivity index (χ2n) is 6.39. The zero-order chi connectivity index (χ0) is 15.2. The molecule has 20 heavy (non-hydrogen) atoms. The first kappa shape index (κ1) is 17.4. The second kappa shape index (κ2) is 7.41. The average Bonchev–Trinajstić information content (AvgIpc) is 2.55. The van der Waals surface area contributed by atoms with Crippen LogP contribution in [0.5, 0.6) is 0 Å². The predicted octanol–water partition coefficient (Wildman–Crippen LogP) is 1.24. The van der Waals surface area contributed by atoms with Crippen molar-refractivity contribution in [1.29, 1.82) is 0 Å². The summed E-state index contributed by atoms with van der Waals surface area (Å²) in [5, 5.41) is 5.98. The minimum Gasteiger partial charge on any atom is -0.352 e. The second-order valence-corrected chi connectivity index (χ2v) is 9.04. The lowest BCUT2D eigenvalue weighted by atomic mass is 10.1. The monoisotopic (exact) mass is 304 g/mol. The summed E-state index contributed by atoms with van der Waals surface area (Å²) in [6, 6.07) is 0.287. The molecule has 1 aliphatic rings. The molecule has 0 unspecified atom stereocenters. The van der Waals surface area contributed by atoms with Crippen LogP contribution in [0.15, 0.2) is 0 Å².